The number of rotatable bonds is 8. The molecule has 13 heteroatoms. The van der Waals surface area contributed by atoms with Gasteiger partial charge in [-0.25, -0.2) is 4.79 Å². The van der Waals surface area contributed by atoms with Crippen molar-refractivity contribution in [1.29, 1.82) is 0 Å². The number of benzene rings is 3. The van der Waals surface area contributed by atoms with Crippen LogP contribution in [0, 0.1) is 13.8 Å². The smallest absolute Gasteiger partial charge is 0.497 e. The number of halogens is 3. The first kappa shape index (κ1) is 30.3. The zero-order chi connectivity index (χ0) is 30.4. The highest BCUT2D eigenvalue weighted by atomic mass is 32.1. The lowest BCUT2D eigenvalue weighted by Crippen LogP contribution is -2.35. The highest BCUT2D eigenvalue weighted by molar-refractivity contribution is 7.80. The van der Waals surface area contributed by atoms with E-state index in [4.69, 9.17) is 21.7 Å². The van der Waals surface area contributed by atoms with E-state index in [0.29, 0.717) is 16.5 Å². The van der Waals surface area contributed by atoms with Gasteiger partial charge in [-0.05, 0) is 84.7 Å². The van der Waals surface area contributed by atoms with Crippen LogP contribution in [0.3, 0.4) is 0 Å². The molecule has 0 aliphatic carbocycles. The van der Waals surface area contributed by atoms with E-state index in [1.165, 1.54) is 24.3 Å². The molecule has 0 radical (unpaired) electrons. The Kier molecular flexibility index (Phi) is 9.31. The van der Waals surface area contributed by atoms with Gasteiger partial charge in [-0.15, -0.1) is 13.2 Å². The molecule has 3 aromatic rings. The second kappa shape index (κ2) is 12.9. The minimum Gasteiger partial charge on any atom is -0.497 e. The van der Waals surface area contributed by atoms with Crippen LogP contribution in [0.5, 0.6) is 11.5 Å². The number of hydrogen-bond acceptors (Lipinski definition) is 8. The molecular formula is C29H28F3N5O4S. The van der Waals surface area contributed by atoms with E-state index in [1.807, 2.05) is 50.2 Å². The Bertz CT molecular complexity index is 1490. The van der Waals surface area contributed by atoms with Gasteiger partial charge in [0.2, 0.25) is 0 Å². The predicted molar refractivity (Wildman–Crippen MR) is 158 cm³/mol. The molecule has 0 amide bonds. The average molecular weight is 600 g/mol. The van der Waals surface area contributed by atoms with Crippen molar-refractivity contribution in [2.45, 2.75) is 32.7 Å². The van der Waals surface area contributed by atoms with E-state index in [0.717, 1.165) is 45.8 Å². The Morgan fingerprint density at radius 1 is 1.05 bits per heavy atom. The summed E-state index contributed by atoms with van der Waals surface area (Å²) in [7, 11) is 2.88. The summed E-state index contributed by atoms with van der Waals surface area (Å²) in [4.78, 5) is 12.5. The number of esters is 1. The Morgan fingerprint density at radius 3 is 2.26 bits per heavy atom. The molecule has 220 valence electrons. The van der Waals surface area contributed by atoms with Crippen LogP contribution in [0.25, 0.3) is 0 Å². The van der Waals surface area contributed by atoms with E-state index in [2.05, 4.69) is 25.7 Å². The van der Waals surface area contributed by atoms with Gasteiger partial charge in [0.05, 0.1) is 31.8 Å². The van der Waals surface area contributed by atoms with Gasteiger partial charge in [0.1, 0.15) is 11.5 Å². The van der Waals surface area contributed by atoms with Crippen molar-refractivity contribution in [2.24, 2.45) is 10.2 Å². The lowest BCUT2D eigenvalue weighted by molar-refractivity contribution is -0.274. The second-order valence-electron chi connectivity index (χ2n) is 9.26. The van der Waals surface area contributed by atoms with Gasteiger partial charge in [-0.3, -0.25) is 10.4 Å². The SMILES string of the molecule is COC(=O)C1CC(c2ccc(/C=N/NC(=S)Nc3c(C)cc(OC)cc3C)cc2)=NN1c1ccc(OC(F)(F)F)cc1. The Hall–Kier alpha value is -4.65. The quantitative estimate of drug-likeness (QED) is 0.148. The topological polar surface area (TPSA) is 96.8 Å². The fraction of sp³-hybridized carbons (Fsp3) is 0.241. The molecule has 42 heavy (non-hydrogen) atoms. The zero-order valence-corrected chi connectivity index (χ0v) is 24.0. The molecule has 2 N–H and O–H groups in total. The monoisotopic (exact) mass is 599 g/mol. The molecule has 9 nitrogen and oxygen atoms in total. The number of hydrogen-bond donors (Lipinski definition) is 2. The van der Waals surface area contributed by atoms with Crippen molar-refractivity contribution < 1.29 is 32.2 Å². The minimum atomic E-state index is -4.81. The first-order valence-electron chi connectivity index (χ1n) is 12.6. The number of carbonyl (C=O) groups is 1. The largest absolute Gasteiger partial charge is 0.573 e. The first-order chi connectivity index (χ1) is 20.0. The third-order valence-electron chi connectivity index (χ3n) is 6.32. The van der Waals surface area contributed by atoms with Crippen molar-refractivity contribution in [2.75, 3.05) is 24.5 Å². The summed E-state index contributed by atoms with van der Waals surface area (Å²) in [5.41, 5.74) is 8.19. The molecule has 0 bridgehead atoms. The average Bonchev–Trinajstić information content (AvgIpc) is 3.40. The molecule has 0 saturated heterocycles. The van der Waals surface area contributed by atoms with Crippen molar-refractivity contribution in [3.8, 4) is 11.5 Å². The number of thiocarbonyl (C=S) groups is 1. The summed E-state index contributed by atoms with van der Waals surface area (Å²) in [5.74, 6) is -0.135. The Labute approximate surface area is 246 Å². The highest BCUT2D eigenvalue weighted by Crippen LogP contribution is 2.31. The molecule has 1 aliphatic rings. The number of carbonyl (C=O) groups excluding carboxylic acids is 1. The molecule has 3 aromatic carbocycles. The lowest BCUT2D eigenvalue weighted by atomic mass is 10.0. The van der Waals surface area contributed by atoms with Crippen molar-refractivity contribution in [1.82, 2.24) is 5.43 Å². The summed E-state index contributed by atoms with van der Waals surface area (Å²) in [6, 6.07) is 15.5. The standard InChI is InChI=1S/C29H28F3N5O4S/c1-17-13-23(39-3)14-18(2)26(17)34-28(42)35-33-16-19-5-7-20(8-6-19)24-15-25(27(38)40-4)37(36-24)21-9-11-22(12-10-21)41-29(30,31)32/h5-14,16,25H,15H2,1-4H3,(H2,34,35,42)/b33-16+. The fourth-order valence-electron chi connectivity index (χ4n) is 4.35. The zero-order valence-electron chi connectivity index (χ0n) is 23.2. The normalized spacial score (nSPS) is 14.9. The van der Waals surface area contributed by atoms with Gasteiger partial charge >= 0.3 is 12.3 Å². The van der Waals surface area contributed by atoms with Crippen LogP contribution in [0.15, 0.2) is 70.9 Å². The van der Waals surface area contributed by atoms with Gasteiger partial charge in [0.25, 0.3) is 0 Å². The predicted octanol–water partition coefficient (Wildman–Crippen LogP) is 5.69. The van der Waals surface area contributed by atoms with Crippen LogP contribution in [-0.2, 0) is 9.53 Å². The van der Waals surface area contributed by atoms with Crippen molar-refractivity contribution >= 4 is 46.6 Å². The van der Waals surface area contributed by atoms with Gasteiger partial charge < -0.3 is 19.5 Å². The van der Waals surface area contributed by atoms with Gasteiger partial charge in [0.15, 0.2) is 11.2 Å². The van der Waals surface area contributed by atoms with Crippen LogP contribution in [0.4, 0.5) is 24.5 Å². The van der Waals surface area contributed by atoms with E-state index < -0.39 is 18.4 Å². The number of nitrogens with one attached hydrogen (secondary N) is 2. The molecule has 0 spiro atoms. The molecule has 0 aromatic heterocycles. The maximum Gasteiger partial charge on any atom is 0.573 e. The first-order valence-corrected chi connectivity index (χ1v) is 13.0. The Morgan fingerprint density at radius 2 is 1.69 bits per heavy atom. The number of ether oxygens (including phenoxy) is 3. The summed E-state index contributed by atoms with van der Waals surface area (Å²) in [6.45, 7) is 3.91. The van der Waals surface area contributed by atoms with Gasteiger partial charge in [0, 0.05) is 12.1 Å². The second-order valence-corrected chi connectivity index (χ2v) is 9.67. The number of nitrogens with zero attached hydrogens (tertiary/aromatic N) is 3. The van der Waals surface area contributed by atoms with E-state index in [9.17, 15) is 18.0 Å². The number of aryl methyl sites for hydroxylation is 2. The highest BCUT2D eigenvalue weighted by Gasteiger charge is 2.35. The number of alkyl halides is 3. The van der Waals surface area contributed by atoms with Crippen LogP contribution in [0.1, 0.15) is 28.7 Å². The lowest BCUT2D eigenvalue weighted by Gasteiger charge is -2.21. The third kappa shape index (κ3) is 7.55. The fourth-order valence-corrected chi connectivity index (χ4v) is 4.51. The minimum absolute atomic E-state index is 0.243. The van der Waals surface area contributed by atoms with Crippen LogP contribution in [-0.4, -0.2) is 49.6 Å². The van der Waals surface area contributed by atoms with Crippen LogP contribution < -0.4 is 25.2 Å². The summed E-state index contributed by atoms with van der Waals surface area (Å²) in [6.07, 6.45) is -2.96. The summed E-state index contributed by atoms with van der Waals surface area (Å²) in [5, 5.41) is 13.7. The summed E-state index contributed by atoms with van der Waals surface area (Å²) < 4.78 is 51.7. The number of hydrazone groups is 2. The van der Waals surface area contributed by atoms with Crippen LogP contribution in [0.2, 0.25) is 0 Å². The van der Waals surface area contributed by atoms with E-state index in [-0.39, 0.29) is 12.2 Å². The molecule has 0 saturated carbocycles. The molecule has 1 atom stereocenters. The molecular weight excluding hydrogens is 571 g/mol. The van der Waals surface area contributed by atoms with Gasteiger partial charge in [-0.2, -0.15) is 10.2 Å². The molecule has 1 aliphatic heterocycles. The van der Waals surface area contributed by atoms with Crippen molar-refractivity contribution in [3.63, 3.8) is 0 Å². The van der Waals surface area contributed by atoms with E-state index >= 15 is 0 Å². The summed E-state index contributed by atoms with van der Waals surface area (Å²) >= 11 is 5.37. The van der Waals surface area contributed by atoms with Gasteiger partial charge in [-0.1, -0.05) is 24.3 Å². The molecule has 1 unspecified atom stereocenters. The number of methoxy groups -OCH3 is 2. The molecule has 1 heterocycles. The molecule has 0 fully saturated rings. The van der Waals surface area contributed by atoms with Crippen molar-refractivity contribution in [3.05, 3.63) is 82.9 Å². The van der Waals surface area contributed by atoms with E-state index in [1.54, 1.807) is 13.3 Å². The number of anilines is 2. The third-order valence-corrected chi connectivity index (χ3v) is 6.52. The van der Waals surface area contributed by atoms with Crippen LogP contribution >= 0.6 is 12.2 Å². The maximum atomic E-state index is 12.5. The molecule has 4 rings (SSSR count). The maximum absolute atomic E-state index is 12.5. The Balaban J connectivity index is 1.42.